The summed E-state index contributed by atoms with van der Waals surface area (Å²) in [7, 11) is 0. The summed E-state index contributed by atoms with van der Waals surface area (Å²) in [6, 6.07) is 7.73. The van der Waals surface area contributed by atoms with E-state index >= 15 is 0 Å². The van der Waals surface area contributed by atoms with E-state index < -0.39 is 0 Å². The molecule has 0 bridgehead atoms. The Bertz CT molecular complexity index is 724. The van der Waals surface area contributed by atoms with Gasteiger partial charge in [-0.2, -0.15) is 0 Å². The maximum absolute atomic E-state index is 5.98. The van der Waals surface area contributed by atoms with E-state index in [1.807, 2.05) is 36.7 Å². The van der Waals surface area contributed by atoms with Gasteiger partial charge in [-0.1, -0.05) is 11.6 Å². The summed E-state index contributed by atoms with van der Waals surface area (Å²) < 4.78 is 0. The lowest BCUT2D eigenvalue weighted by Crippen LogP contribution is -2.00. The molecule has 0 saturated heterocycles. The zero-order chi connectivity index (χ0) is 13.2. The van der Waals surface area contributed by atoms with Crippen molar-refractivity contribution < 1.29 is 0 Å². The molecule has 0 atom stereocenters. The van der Waals surface area contributed by atoms with Crippen molar-refractivity contribution in [1.82, 2.24) is 9.97 Å². The van der Waals surface area contributed by atoms with Crippen molar-refractivity contribution in [3.63, 3.8) is 0 Å². The fourth-order valence-electron chi connectivity index (χ4n) is 1.95. The van der Waals surface area contributed by atoms with E-state index in [1.54, 1.807) is 17.5 Å². The fourth-order valence-corrected chi connectivity index (χ4v) is 2.83. The van der Waals surface area contributed by atoms with E-state index in [4.69, 9.17) is 11.6 Å². The molecule has 3 aromatic rings. The number of pyridine rings is 1. The molecular formula is C14H12ClN3S. The summed E-state index contributed by atoms with van der Waals surface area (Å²) in [4.78, 5) is 9.83. The highest BCUT2D eigenvalue weighted by molar-refractivity contribution is 7.09. The Hall–Kier alpha value is -1.65. The zero-order valence-corrected chi connectivity index (χ0v) is 11.9. The summed E-state index contributed by atoms with van der Waals surface area (Å²) >= 11 is 7.65. The topological polar surface area (TPSA) is 37.8 Å². The molecule has 0 spiro atoms. The zero-order valence-electron chi connectivity index (χ0n) is 10.4. The number of nitrogens with one attached hydrogen (secondary N) is 1. The number of thiazole rings is 1. The second-order valence-electron chi connectivity index (χ2n) is 4.23. The van der Waals surface area contributed by atoms with Crippen LogP contribution in [0.15, 0.2) is 36.0 Å². The van der Waals surface area contributed by atoms with E-state index in [9.17, 15) is 0 Å². The molecule has 1 N–H and O–H groups in total. The third-order valence-corrected chi connectivity index (χ3v) is 4.16. The summed E-state index contributed by atoms with van der Waals surface area (Å²) in [6.45, 7) is 2.80. The van der Waals surface area contributed by atoms with Crippen LogP contribution in [0.5, 0.6) is 0 Å². The number of hydrogen-bond donors (Lipinski definition) is 1. The molecule has 0 aliphatic heterocycles. The summed E-state index contributed by atoms with van der Waals surface area (Å²) in [5.74, 6) is 0. The largest absolute Gasteiger partial charge is 0.379 e. The molecule has 0 radical (unpaired) electrons. The van der Waals surface area contributed by atoms with Crippen molar-refractivity contribution in [2.45, 2.75) is 13.5 Å². The van der Waals surface area contributed by atoms with Gasteiger partial charge in [-0.05, 0) is 31.2 Å². The van der Waals surface area contributed by atoms with Crippen LogP contribution in [-0.4, -0.2) is 9.97 Å². The van der Waals surface area contributed by atoms with Crippen molar-refractivity contribution in [3.8, 4) is 0 Å². The predicted molar refractivity (Wildman–Crippen MR) is 80.9 cm³/mol. The minimum absolute atomic E-state index is 0.704. The molecule has 2 heterocycles. The average molecular weight is 290 g/mol. The van der Waals surface area contributed by atoms with Gasteiger partial charge in [0.05, 0.1) is 23.3 Å². The molecule has 3 nitrogen and oxygen atoms in total. The van der Waals surface area contributed by atoms with Gasteiger partial charge < -0.3 is 5.32 Å². The van der Waals surface area contributed by atoms with Gasteiger partial charge in [0.25, 0.3) is 0 Å². The standard InChI is InChI=1S/C14H12ClN3S/c1-9-14(19-8-18-9)7-17-12-4-5-16-13-6-10(15)2-3-11(12)13/h2-6,8H,7H2,1H3,(H,16,17). The van der Waals surface area contributed by atoms with Crippen LogP contribution < -0.4 is 5.32 Å². The Morgan fingerprint density at radius 3 is 2.95 bits per heavy atom. The number of nitrogens with zero attached hydrogens (tertiary/aromatic N) is 2. The van der Waals surface area contributed by atoms with Gasteiger partial charge in [0.2, 0.25) is 0 Å². The van der Waals surface area contributed by atoms with E-state index in [1.165, 1.54) is 4.88 Å². The second kappa shape index (κ2) is 5.15. The molecule has 0 unspecified atom stereocenters. The Morgan fingerprint density at radius 2 is 2.16 bits per heavy atom. The van der Waals surface area contributed by atoms with Crippen LogP contribution in [0.1, 0.15) is 10.6 Å². The lowest BCUT2D eigenvalue weighted by Gasteiger charge is -2.09. The van der Waals surface area contributed by atoms with Gasteiger partial charge in [0.15, 0.2) is 0 Å². The monoisotopic (exact) mass is 289 g/mol. The van der Waals surface area contributed by atoms with Gasteiger partial charge in [-0.15, -0.1) is 11.3 Å². The first-order valence-electron chi connectivity index (χ1n) is 5.91. The molecule has 5 heteroatoms. The highest BCUT2D eigenvalue weighted by Gasteiger charge is 2.05. The molecule has 2 aromatic heterocycles. The molecule has 0 aliphatic carbocycles. The van der Waals surface area contributed by atoms with Crippen LogP contribution in [0.3, 0.4) is 0 Å². The maximum atomic E-state index is 5.98. The molecule has 19 heavy (non-hydrogen) atoms. The van der Waals surface area contributed by atoms with Crippen molar-refractivity contribution in [2.75, 3.05) is 5.32 Å². The number of halogens is 1. The first-order valence-corrected chi connectivity index (χ1v) is 7.17. The van der Waals surface area contributed by atoms with E-state index in [-0.39, 0.29) is 0 Å². The Kier molecular flexibility index (Phi) is 3.36. The Morgan fingerprint density at radius 1 is 1.26 bits per heavy atom. The number of hydrogen-bond acceptors (Lipinski definition) is 4. The number of aryl methyl sites for hydroxylation is 1. The first kappa shape index (κ1) is 12.4. The summed E-state index contributed by atoms with van der Waals surface area (Å²) in [5, 5.41) is 5.22. The molecule has 1 aromatic carbocycles. The Labute approximate surface area is 120 Å². The quantitative estimate of drug-likeness (QED) is 0.782. The number of aromatic nitrogens is 2. The van der Waals surface area contributed by atoms with Crippen LogP contribution in [0.4, 0.5) is 5.69 Å². The number of rotatable bonds is 3. The highest BCUT2D eigenvalue weighted by Crippen LogP contribution is 2.25. The van der Waals surface area contributed by atoms with Crippen molar-refractivity contribution in [1.29, 1.82) is 0 Å². The first-order chi connectivity index (χ1) is 9.24. The number of benzene rings is 1. The lowest BCUT2D eigenvalue weighted by molar-refractivity contribution is 1.12. The normalized spacial score (nSPS) is 10.8. The minimum Gasteiger partial charge on any atom is -0.379 e. The highest BCUT2D eigenvalue weighted by atomic mass is 35.5. The van der Waals surface area contributed by atoms with Gasteiger partial charge in [0.1, 0.15) is 0 Å². The van der Waals surface area contributed by atoms with E-state index in [0.29, 0.717) is 5.02 Å². The van der Waals surface area contributed by atoms with Crippen LogP contribution in [0.2, 0.25) is 5.02 Å². The molecule has 3 rings (SSSR count). The summed E-state index contributed by atoms with van der Waals surface area (Å²) in [6.07, 6.45) is 1.79. The van der Waals surface area contributed by atoms with Crippen LogP contribution in [0, 0.1) is 6.92 Å². The van der Waals surface area contributed by atoms with Gasteiger partial charge in [-0.3, -0.25) is 4.98 Å². The molecule has 0 amide bonds. The third kappa shape index (κ3) is 2.55. The molecule has 0 fully saturated rings. The fraction of sp³-hybridized carbons (Fsp3) is 0.143. The minimum atomic E-state index is 0.704. The van der Waals surface area contributed by atoms with E-state index in [0.717, 1.165) is 28.8 Å². The van der Waals surface area contributed by atoms with Crippen molar-refractivity contribution in [3.05, 3.63) is 51.6 Å². The Balaban J connectivity index is 1.91. The van der Waals surface area contributed by atoms with Crippen LogP contribution >= 0.6 is 22.9 Å². The molecule has 0 saturated carbocycles. The smallest absolute Gasteiger partial charge is 0.0798 e. The number of fused-ring (bicyclic) bond motifs is 1. The SMILES string of the molecule is Cc1ncsc1CNc1ccnc2cc(Cl)ccc12. The molecular weight excluding hydrogens is 278 g/mol. The molecule has 0 aliphatic rings. The van der Waals surface area contributed by atoms with E-state index in [2.05, 4.69) is 15.3 Å². The van der Waals surface area contributed by atoms with Gasteiger partial charge >= 0.3 is 0 Å². The van der Waals surface area contributed by atoms with Crippen molar-refractivity contribution in [2.24, 2.45) is 0 Å². The van der Waals surface area contributed by atoms with Crippen molar-refractivity contribution >= 4 is 39.5 Å². The van der Waals surface area contributed by atoms with Crippen LogP contribution in [0.25, 0.3) is 10.9 Å². The maximum Gasteiger partial charge on any atom is 0.0798 e. The van der Waals surface area contributed by atoms with Gasteiger partial charge in [-0.25, -0.2) is 4.98 Å². The number of anilines is 1. The van der Waals surface area contributed by atoms with Crippen LogP contribution in [-0.2, 0) is 6.54 Å². The summed E-state index contributed by atoms with van der Waals surface area (Å²) in [5.41, 5.74) is 4.92. The average Bonchev–Trinajstić information content (AvgIpc) is 2.81. The molecule has 96 valence electrons. The third-order valence-electron chi connectivity index (χ3n) is 2.99. The predicted octanol–water partition coefficient (Wildman–Crippen LogP) is 4.27. The lowest BCUT2D eigenvalue weighted by atomic mass is 10.2. The second-order valence-corrected chi connectivity index (χ2v) is 5.61. The van der Waals surface area contributed by atoms with Gasteiger partial charge in [0, 0.05) is 27.2 Å².